The van der Waals surface area contributed by atoms with Gasteiger partial charge in [0.15, 0.2) is 0 Å². The summed E-state index contributed by atoms with van der Waals surface area (Å²) in [6.07, 6.45) is 1.81. The van der Waals surface area contributed by atoms with Crippen LogP contribution in [0, 0.1) is 0 Å². The average molecular weight is 457 g/mol. The van der Waals surface area contributed by atoms with Crippen molar-refractivity contribution in [2.24, 2.45) is 0 Å². The SMILES string of the molecule is CC(Nc1cccc(S(=O)(=O)N2CCCC2)c1)C(=O)N1CCN(Cc2ccccc2)CC1. The number of sulfonamides is 1. The largest absolute Gasteiger partial charge is 0.374 e. The Kier molecular flexibility index (Phi) is 7.13. The average Bonchev–Trinajstić information content (AvgIpc) is 3.36. The molecule has 0 spiro atoms. The number of carbonyl (C=O) groups is 1. The molecule has 2 aliphatic heterocycles. The van der Waals surface area contributed by atoms with E-state index in [0.29, 0.717) is 31.9 Å². The number of hydrogen-bond donors (Lipinski definition) is 1. The smallest absolute Gasteiger partial charge is 0.244 e. The fourth-order valence-electron chi connectivity index (χ4n) is 4.38. The minimum Gasteiger partial charge on any atom is -0.374 e. The van der Waals surface area contributed by atoms with E-state index >= 15 is 0 Å². The van der Waals surface area contributed by atoms with Gasteiger partial charge < -0.3 is 10.2 Å². The summed E-state index contributed by atoms with van der Waals surface area (Å²) in [5.41, 5.74) is 1.93. The van der Waals surface area contributed by atoms with E-state index in [1.54, 1.807) is 18.2 Å². The van der Waals surface area contributed by atoms with Gasteiger partial charge in [-0.15, -0.1) is 0 Å². The lowest BCUT2D eigenvalue weighted by molar-refractivity contribution is -0.133. The molecule has 2 aromatic rings. The first-order chi connectivity index (χ1) is 15.4. The highest BCUT2D eigenvalue weighted by molar-refractivity contribution is 7.89. The lowest BCUT2D eigenvalue weighted by Gasteiger charge is -2.36. The summed E-state index contributed by atoms with van der Waals surface area (Å²) < 4.78 is 27.2. The molecule has 2 saturated heterocycles. The van der Waals surface area contributed by atoms with Crippen molar-refractivity contribution in [3.63, 3.8) is 0 Å². The molecule has 1 amide bonds. The predicted molar refractivity (Wildman–Crippen MR) is 126 cm³/mol. The Morgan fingerprint density at radius 1 is 0.938 bits per heavy atom. The lowest BCUT2D eigenvalue weighted by Crippen LogP contribution is -2.51. The van der Waals surface area contributed by atoms with E-state index in [1.807, 2.05) is 36.1 Å². The zero-order valence-corrected chi connectivity index (χ0v) is 19.4. The number of anilines is 1. The summed E-state index contributed by atoms with van der Waals surface area (Å²) >= 11 is 0. The number of benzene rings is 2. The maximum atomic E-state index is 13.0. The molecule has 8 heteroatoms. The topological polar surface area (TPSA) is 73.0 Å². The molecule has 2 heterocycles. The monoisotopic (exact) mass is 456 g/mol. The third-order valence-corrected chi connectivity index (χ3v) is 8.12. The van der Waals surface area contributed by atoms with Gasteiger partial charge in [0.2, 0.25) is 15.9 Å². The van der Waals surface area contributed by atoms with Gasteiger partial charge in [-0.05, 0) is 43.5 Å². The van der Waals surface area contributed by atoms with Gasteiger partial charge in [-0.25, -0.2) is 8.42 Å². The van der Waals surface area contributed by atoms with Gasteiger partial charge in [0.1, 0.15) is 6.04 Å². The van der Waals surface area contributed by atoms with Crippen LogP contribution in [-0.2, 0) is 21.4 Å². The Morgan fingerprint density at radius 2 is 1.62 bits per heavy atom. The molecule has 2 aromatic carbocycles. The zero-order valence-electron chi connectivity index (χ0n) is 18.6. The summed E-state index contributed by atoms with van der Waals surface area (Å²) in [6.45, 7) is 6.96. The highest BCUT2D eigenvalue weighted by Gasteiger charge is 2.28. The highest BCUT2D eigenvalue weighted by Crippen LogP contribution is 2.23. The fraction of sp³-hybridized carbons (Fsp3) is 0.458. The van der Waals surface area contributed by atoms with Crippen molar-refractivity contribution in [2.45, 2.75) is 37.2 Å². The highest BCUT2D eigenvalue weighted by atomic mass is 32.2. The van der Waals surface area contributed by atoms with Crippen LogP contribution in [0.3, 0.4) is 0 Å². The lowest BCUT2D eigenvalue weighted by atomic mass is 10.2. The minimum atomic E-state index is -3.48. The van der Waals surface area contributed by atoms with Crippen LogP contribution in [0.5, 0.6) is 0 Å². The van der Waals surface area contributed by atoms with Crippen molar-refractivity contribution in [3.05, 3.63) is 60.2 Å². The molecule has 7 nitrogen and oxygen atoms in total. The molecule has 0 saturated carbocycles. The third kappa shape index (κ3) is 5.31. The Hall–Kier alpha value is -2.42. The van der Waals surface area contributed by atoms with Gasteiger partial charge in [-0.2, -0.15) is 4.31 Å². The van der Waals surface area contributed by atoms with Crippen LogP contribution in [0.1, 0.15) is 25.3 Å². The van der Waals surface area contributed by atoms with E-state index < -0.39 is 16.1 Å². The first-order valence-electron chi connectivity index (χ1n) is 11.4. The molecular formula is C24H32N4O3S. The Labute approximate surface area is 191 Å². The number of carbonyl (C=O) groups excluding carboxylic acids is 1. The first-order valence-corrected chi connectivity index (χ1v) is 12.8. The van der Waals surface area contributed by atoms with E-state index in [2.05, 4.69) is 22.3 Å². The standard InChI is InChI=1S/C24H32N4O3S/c1-20(24(29)27-16-14-26(15-17-27)19-21-8-3-2-4-9-21)25-22-10-7-11-23(18-22)32(30,31)28-12-5-6-13-28/h2-4,7-11,18,20,25H,5-6,12-17,19H2,1H3. The number of piperazine rings is 1. The van der Waals surface area contributed by atoms with E-state index in [4.69, 9.17) is 0 Å². The second-order valence-electron chi connectivity index (χ2n) is 8.59. The van der Waals surface area contributed by atoms with E-state index in [9.17, 15) is 13.2 Å². The van der Waals surface area contributed by atoms with Crippen molar-refractivity contribution < 1.29 is 13.2 Å². The molecule has 0 aliphatic carbocycles. The van der Waals surface area contributed by atoms with Crippen molar-refractivity contribution in [3.8, 4) is 0 Å². The Balaban J connectivity index is 1.32. The molecule has 172 valence electrons. The van der Waals surface area contributed by atoms with Gasteiger partial charge in [0.25, 0.3) is 0 Å². The van der Waals surface area contributed by atoms with Crippen LogP contribution < -0.4 is 5.32 Å². The van der Waals surface area contributed by atoms with Gasteiger partial charge in [-0.3, -0.25) is 9.69 Å². The molecule has 0 radical (unpaired) electrons. The summed E-state index contributed by atoms with van der Waals surface area (Å²) in [4.78, 5) is 17.5. The van der Waals surface area contributed by atoms with E-state index in [-0.39, 0.29) is 10.8 Å². The third-order valence-electron chi connectivity index (χ3n) is 6.22. The van der Waals surface area contributed by atoms with Gasteiger partial charge in [-0.1, -0.05) is 36.4 Å². The molecular weight excluding hydrogens is 424 g/mol. The number of amides is 1. The predicted octanol–water partition coefficient (Wildman–Crippen LogP) is 2.62. The summed E-state index contributed by atoms with van der Waals surface area (Å²) in [7, 11) is -3.48. The summed E-state index contributed by atoms with van der Waals surface area (Å²) in [5.74, 6) is 0.0390. The van der Waals surface area contributed by atoms with Crippen molar-refractivity contribution in [1.82, 2.24) is 14.1 Å². The number of hydrogen-bond acceptors (Lipinski definition) is 5. The second kappa shape index (κ2) is 10.0. The van der Waals surface area contributed by atoms with Crippen LogP contribution in [-0.4, -0.2) is 73.7 Å². The van der Waals surface area contributed by atoms with E-state index in [1.165, 1.54) is 9.87 Å². The summed E-state index contributed by atoms with van der Waals surface area (Å²) in [5, 5.41) is 3.21. The quantitative estimate of drug-likeness (QED) is 0.693. The van der Waals surface area contributed by atoms with Crippen LogP contribution in [0.15, 0.2) is 59.5 Å². The molecule has 1 atom stereocenters. The fourth-order valence-corrected chi connectivity index (χ4v) is 5.94. The van der Waals surface area contributed by atoms with Crippen LogP contribution in [0.4, 0.5) is 5.69 Å². The molecule has 0 aromatic heterocycles. The first kappa shape index (κ1) is 22.8. The Bertz CT molecular complexity index is 1010. The van der Waals surface area contributed by atoms with Crippen LogP contribution >= 0.6 is 0 Å². The maximum Gasteiger partial charge on any atom is 0.244 e. The van der Waals surface area contributed by atoms with Gasteiger partial charge in [0.05, 0.1) is 4.90 Å². The number of nitrogens with one attached hydrogen (secondary N) is 1. The minimum absolute atomic E-state index is 0.0390. The zero-order chi connectivity index (χ0) is 22.6. The maximum absolute atomic E-state index is 13.0. The summed E-state index contributed by atoms with van der Waals surface area (Å²) in [6, 6.07) is 16.7. The number of rotatable bonds is 7. The normalized spacial score (nSPS) is 19.1. The second-order valence-corrected chi connectivity index (χ2v) is 10.5. The molecule has 32 heavy (non-hydrogen) atoms. The van der Waals surface area contributed by atoms with Gasteiger partial charge >= 0.3 is 0 Å². The van der Waals surface area contributed by atoms with Crippen molar-refractivity contribution in [2.75, 3.05) is 44.6 Å². The number of nitrogens with zero attached hydrogens (tertiary/aromatic N) is 3. The molecule has 0 bridgehead atoms. The van der Waals surface area contributed by atoms with Gasteiger partial charge in [0, 0.05) is 51.5 Å². The van der Waals surface area contributed by atoms with Crippen molar-refractivity contribution >= 4 is 21.6 Å². The van der Waals surface area contributed by atoms with Crippen LogP contribution in [0.25, 0.3) is 0 Å². The molecule has 2 fully saturated rings. The van der Waals surface area contributed by atoms with E-state index in [0.717, 1.165) is 32.5 Å². The van der Waals surface area contributed by atoms with Crippen LogP contribution in [0.2, 0.25) is 0 Å². The molecule has 2 aliphatic rings. The molecule has 4 rings (SSSR count). The van der Waals surface area contributed by atoms with Crippen molar-refractivity contribution in [1.29, 1.82) is 0 Å². The molecule has 1 N–H and O–H groups in total. The Morgan fingerprint density at radius 3 is 2.31 bits per heavy atom. The molecule has 1 unspecified atom stereocenters.